The lowest BCUT2D eigenvalue weighted by Crippen LogP contribution is -2.37. The Balaban J connectivity index is 2.35. The van der Waals surface area contributed by atoms with Crippen molar-refractivity contribution in [2.75, 3.05) is 26.0 Å². The van der Waals surface area contributed by atoms with Crippen LogP contribution in [-0.2, 0) is 13.6 Å². The van der Waals surface area contributed by atoms with Crippen LogP contribution in [0.1, 0.15) is 26.7 Å². The van der Waals surface area contributed by atoms with Crippen LogP contribution in [0.2, 0.25) is 6.04 Å². The van der Waals surface area contributed by atoms with E-state index in [0.717, 1.165) is 18.2 Å². The zero-order chi connectivity index (χ0) is 16.1. The molecule has 9 heteroatoms. The Bertz CT molecular complexity index is 356. The summed E-state index contributed by atoms with van der Waals surface area (Å²) in [5.41, 5.74) is -1.09. The number of aliphatic hydroxyl groups is 1. The van der Waals surface area contributed by atoms with Gasteiger partial charge in [-0.05, 0) is 32.1 Å². The van der Waals surface area contributed by atoms with E-state index in [1.54, 1.807) is 18.8 Å². The maximum atomic E-state index is 12.0. The molecule has 4 atom stereocenters. The van der Waals surface area contributed by atoms with Gasteiger partial charge in [-0.25, -0.2) is 0 Å². The number of thioether (sulfide) groups is 1. The predicted molar refractivity (Wildman–Crippen MR) is 96.4 cm³/mol. The SMILES string of the molecule is CCO[Si](P)(CCCSC1CC(O)(P)N(C)C1=O)OCC. The third kappa shape index (κ3) is 5.72. The van der Waals surface area contributed by atoms with E-state index in [9.17, 15) is 9.90 Å². The van der Waals surface area contributed by atoms with Crippen LogP contribution in [0.25, 0.3) is 0 Å². The Morgan fingerprint density at radius 2 is 2.05 bits per heavy atom. The summed E-state index contributed by atoms with van der Waals surface area (Å²) in [6.45, 7) is 5.28. The van der Waals surface area contributed by atoms with E-state index in [1.807, 2.05) is 13.8 Å². The molecule has 1 saturated heterocycles. The van der Waals surface area contributed by atoms with Crippen LogP contribution in [0.15, 0.2) is 0 Å². The summed E-state index contributed by atoms with van der Waals surface area (Å²) in [6.07, 6.45) is 1.40. The van der Waals surface area contributed by atoms with Crippen molar-refractivity contribution in [3.05, 3.63) is 0 Å². The van der Waals surface area contributed by atoms with Crippen LogP contribution in [0.4, 0.5) is 0 Å². The van der Waals surface area contributed by atoms with Crippen LogP contribution in [0.5, 0.6) is 0 Å². The number of hydrogen-bond acceptors (Lipinski definition) is 5. The van der Waals surface area contributed by atoms with E-state index in [1.165, 1.54) is 4.90 Å². The minimum absolute atomic E-state index is 0.00139. The lowest BCUT2D eigenvalue weighted by molar-refractivity contribution is -0.132. The molecule has 0 aromatic carbocycles. The van der Waals surface area contributed by atoms with E-state index in [2.05, 4.69) is 18.0 Å². The number of likely N-dealkylation sites (tertiary alicyclic amines) is 1. The predicted octanol–water partition coefficient (Wildman–Crippen LogP) is 1.75. The Morgan fingerprint density at radius 3 is 2.48 bits per heavy atom. The highest BCUT2D eigenvalue weighted by molar-refractivity contribution is 8.00. The number of carbonyl (C=O) groups is 1. The van der Waals surface area contributed by atoms with Gasteiger partial charge in [0.1, 0.15) is 0 Å². The van der Waals surface area contributed by atoms with Crippen LogP contribution in [0.3, 0.4) is 0 Å². The van der Waals surface area contributed by atoms with Gasteiger partial charge < -0.3 is 18.9 Å². The fraction of sp³-hybridized carbons (Fsp3) is 0.917. The Labute approximate surface area is 137 Å². The van der Waals surface area contributed by atoms with Gasteiger partial charge in [-0.15, -0.1) is 11.8 Å². The maximum absolute atomic E-state index is 12.0. The average molecular weight is 371 g/mol. The topological polar surface area (TPSA) is 59.0 Å². The molecule has 5 nitrogen and oxygen atoms in total. The molecule has 4 unspecified atom stereocenters. The van der Waals surface area contributed by atoms with Crippen molar-refractivity contribution in [2.45, 2.75) is 43.4 Å². The molecule has 1 rings (SSSR count). The molecule has 0 bridgehead atoms. The van der Waals surface area contributed by atoms with Crippen molar-refractivity contribution in [2.24, 2.45) is 0 Å². The fourth-order valence-corrected chi connectivity index (χ4v) is 7.93. The van der Waals surface area contributed by atoms with E-state index in [0.29, 0.717) is 19.6 Å². The zero-order valence-corrected chi connectivity index (χ0v) is 17.1. The van der Waals surface area contributed by atoms with Gasteiger partial charge in [0.25, 0.3) is 0 Å². The van der Waals surface area contributed by atoms with Crippen molar-refractivity contribution in [3.8, 4) is 0 Å². The first-order chi connectivity index (χ1) is 9.75. The minimum atomic E-state index is -2.13. The molecular weight excluding hydrogens is 344 g/mol. The van der Waals surface area contributed by atoms with Gasteiger partial charge in [-0.1, -0.05) is 18.0 Å². The lowest BCUT2D eigenvalue weighted by atomic mass is 10.3. The fourth-order valence-electron chi connectivity index (χ4n) is 2.25. The highest BCUT2D eigenvalue weighted by Gasteiger charge is 2.44. The second kappa shape index (κ2) is 8.58. The van der Waals surface area contributed by atoms with Gasteiger partial charge in [0, 0.05) is 26.7 Å². The highest BCUT2D eigenvalue weighted by atomic mass is 32.2. The van der Waals surface area contributed by atoms with Gasteiger partial charge in [0.05, 0.1) is 5.25 Å². The van der Waals surface area contributed by atoms with E-state index in [4.69, 9.17) is 8.85 Å². The molecule has 0 spiro atoms. The standard InChI is InChI=1S/C12H27NO4P2SSi/c1-4-16-21(19,17-5-2)8-6-7-20-10-9-12(15,18)13(3)11(10)14/h10,15H,4-9,18-19H2,1-3H3. The van der Waals surface area contributed by atoms with Crippen LogP contribution < -0.4 is 0 Å². The molecule has 1 amide bonds. The van der Waals surface area contributed by atoms with Crippen molar-refractivity contribution in [1.29, 1.82) is 0 Å². The monoisotopic (exact) mass is 371 g/mol. The van der Waals surface area contributed by atoms with Gasteiger partial charge >= 0.3 is 8.23 Å². The van der Waals surface area contributed by atoms with Gasteiger partial charge in [-0.3, -0.25) is 4.79 Å². The quantitative estimate of drug-likeness (QED) is 0.380. The Morgan fingerprint density at radius 1 is 1.48 bits per heavy atom. The molecule has 0 aliphatic carbocycles. The second-order valence-corrected chi connectivity index (χ2v) is 12.7. The summed E-state index contributed by atoms with van der Waals surface area (Å²) in [6, 6.07) is 0.897. The normalized spacial score (nSPS) is 26.7. The summed E-state index contributed by atoms with van der Waals surface area (Å²) in [5.74, 6) is 0.871. The summed E-state index contributed by atoms with van der Waals surface area (Å²) in [5, 5.41) is 9.89. The number of hydrogen-bond donors (Lipinski definition) is 1. The molecule has 1 aliphatic heterocycles. The third-order valence-electron chi connectivity index (χ3n) is 3.44. The van der Waals surface area contributed by atoms with E-state index in [-0.39, 0.29) is 11.2 Å². The number of amides is 1. The van der Waals surface area contributed by atoms with Gasteiger partial charge in [-0.2, -0.15) is 0 Å². The first-order valence-corrected chi connectivity index (χ1v) is 12.7. The highest BCUT2D eigenvalue weighted by Crippen LogP contribution is 2.38. The molecule has 21 heavy (non-hydrogen) atoms. The van der Waals surface area contributed by atoms with E-state index >= 15 is 0 Å². The first-order valence-electron chi connectivity index (χ1n) is 7.23. The number of rotatable bonds is 9. The molecule has 124 valence electrons. The van der Waals surface area contributed by atoms with Crippen LogP contribution >= 0.6 is 29.8 Å². The van der Waals surface area contributed by atoms with Crippen LogP contribution in [0, 0.1) is 0 Å². The molecule has 0 aromatic rings. The first kappa shape index (κ1) is 19.8. The minimum Gasteiger partial charge on any atom is -0.392 e. The van der Waals surface area contributed by atoms with Crippen molar-refractivity contribution in [3.63, 3.8) is 0 Å². The van der Waals surface area contributed by atoms with Crippen molar-refractivity contribution in [1.82, 2.24) is 4.90 Å². The molecule has 0 aromatic heterocycles. The lowest BCUT2D eigenvalue weighted by Gasteiger charge is -2.25. The molecular formula is C12H27NO4P2SSi. The van der Waals surface area contributed by atoms with Crippen molar-refractivity contribution >= 4 is 43.9 Å². The number of nitrogens with zero attached hydrogens (tertiary/aromatic N) is 1. The van der Waals surface area contributed by atoms with Crippen LogP contribution in [-0.4, -0.2) is 60.9 Å². The average Bonchev–Trinajstić information content (AvgIpc) is 2.59. The Hall–Kier alpha value is 0.777. The molecule has 1 fully saturated rings. The molecule has 0 saturated carbocycles. The number of carbonyl (C=O) groups excluding carboxylic acids is 1. The summed E-state index contributed by atoms with van der Waals surface area (Å²) >= 11 is 1.61. The largest absolute Gasteiger partial charge is 0.392 e. The summed E-state index contributed by atoms with van der Waals surface area (Å²) in [7, 11) is 4.64. The van der Waals surface area contributed by atoms with Crippen molar-refractivity contribution < 1.29 is 18.8 Å². The van der Waals surface area contributed by atoms with Gasteiger partial charge in [0.2, 0.25) is 5.91 Å². The molecule has 1 heterocycles. The summed E-state index contributed by atoms with van der Waals surface area (Å²) < 4.78 is 11.5. The molecule has 1 aliphatic rings. The third-order valence-corrected chi connectivity index (χ3v) is 9.83. The maximum Gasteiger partial charge on any atom is 0.357 e. The smallest absolute Gasteiger partial charge is 0.357 e. The second-order valence-electron chi connectivity index (χ2n) is 5.12. The Kier molecular flexibility index (Phi) is 8.10. The zero-order valence-electron chi connectivity index (χ0n) is 13.0. The summed E-state index contributed by atoms with van der Waals surface area (Å²) in [4.78, 5) is 13.4. The van der Waals surface area contributed by atoms with E-state index < -0.39 is 13.7 Å². The molecule has 1 N–H and O–H groups in total. The molecule has 0 radical (unpaired) electrons. The van der Waals surface area contributed by atoms with Gasteiger partial charge in [0.15, 0.2) is 5.47 Å².